The molecule has 6 heteroatoms. The van der Waals surface area contributed by atoms with E-state index in [1.165, 1.54) is 77.0 Å². The maximum atomic E-state index is 13.2. The molecule has 0 spiro atoms. The highest BCUT2D eigenvalue weighted by atomic mass is 16.5. The van der Waals surface area contributed by atoms with Crippen LogP contribution in [-0.4, -0.2) is 46.9 Å². The molecule has 0 aliphatic carbocycles. The fourth-order valence-electron chi connectivity index (χ4n) is 7.49. The summed E-state index contributed by atoms with van der Waals surface area (Å²) in [6, 6.07) is -0.719. The summed E-state index contributed by atoms with van der Waals surface area (Å²) >= 11 is 0. The summed E-state index contributed by atoms with van der Waals surface area (Å²) < 4.78 is 5.92. The van der Waals surface area contributed by atoms with Gasteiger partial charge in [0.05, 0.1) is 25.2 Å². The third kappa shape index (κ3) is 45.4. The zero-order valence-corrected chi connectivity index (χ0v) is 41.2. The number of nitrogens with one attached hydrogen (secondary N) is 1. The zero-order chi connectivity index (χ0) is 45.9. The van der Waals surface area contributed by atoms with E-state index >= 15 is 0 Å². The Morgan fingerprint density at radius 1 is 0.476 bits per heavy atom. The van der Waals surface area contributed by atoms with Gasteiger partial charge in [-0.2, -0.15) is 0 Å². The fraction of sp³-hybridized carbons (Fsp3) is 0.719. The molecular formula is C57H99NO5. The van der Waals surface area contributed by atoms with Crippen molar-refractivity contribution in [3.8, 4) is 0 Å². The lowest BCUT2D eigenvalue weighted by atomic mass is 10.0. The third-order valence-corrected chi connectivity index (χ3v) is 11.5. The minimum atomic E-state index is -0.803. The highest BCUT2D eigenvalue weighted by molar-refractivity contribution is 5.77. The van der Waals surface area contributed by atoms with Gasteiger partial charge in [-0.1, -0.05) is 209 Å². The lowest BCUT2D eigenvalue weighted by Gasteiger charge is -2.24. The van der Waals surface area contributed by atoms with Crippen LogP contribution < -0.4 is 5.32 Å². The van der Waals surface area contributed by atoms with Gasteiger partial charge in [0.15, 0.2) is 0 Å². The van der Waals surface area contributed by atoms with Crippen molar-refractivity contribution in [1.29, 1.82) is 0 Å². The summed E-state index contributed by atoms with van der Waals surface area (Å²) in [4.78, 5) is 26.2. The molecule has 0 aromatic heterocycles. The third-order valence-electron chi connectivity index (χ3n) is 11.5. The molecule has 3 atom stereocenters. The van der Waals surface area contributed by atoms with Crippen molar-refractivity contribution in [2.45, 2.75) is 257 Å². The quantitative estimate of drug-likeness (QED) is 0.0322. The monoisotopic (exact) mass is 878 g/mol. The number of allylic oxidation sites excluding steroid dienone is 14. The number of esters is 1. The van der Waals surface area contributed by atoms with E-state index in [9.17, 15) is 19.8 Å². The van der Waals surface area contributed by atoms with Gasteiger partial charge in [0, 0.05) is 6.42 Å². The lowest BCUT2D eigenvalue weighted by molar-refractivity contribution is -0.151. The number of rotatable bonds is 46. The SMILES string of the molecule is CC/C=C/C/C=C/C/C=C/CCCCCCC(CC(=O)NC(CO)C(O)CCCCCCCCCCCCC)OC(=O)CCCCC/C=C\C/C=C\C/C=C\C/C=C\CCCCC. The van der Waals surface area contributed by atoms with Crippen molar-refractivity contribution in [3.63, 3.8) is 0 Å². The molecule has 0 saturated carbocycles. The van der Waals surface area contributed by atoms with Crippen LogP contribution >= 0.6 is 0 Å². The van der Waals surface area contributed by atoms with Gasteiger partial charge in [0.25, 0.3) is 0 Å². The van der Waals surface area contributed by atoms with E-state index < -0.39 is 18.2 Å². The predicted octanol–water partition coefficient (Wildman–Crippen LogP) is 16.0. The Morgan fingerprint density at radius 2 is 0.857 bits per heavy atom. The van der Waals surface area contributed by atoms with E-state index in [0.29, 0.717) is 19.3 Å². The van der Waals surface area contributed by atoms with Gasteiger partial charge in [-0.05, 0) is 103 Å². The van der Waals surface area contributed by atoms with Crippen LogP contribution in [0.15, 0.2) is 85.1 Å². The van der Waals surface area contributed by atoms with E-state index in [4.69, 9.17) is 4.74 Å². The first-order valence-corrected chi connectivity index (χ1v) is 26.3. The average molecular weight is 878 g/mol. The number of hydrogen-bond acceptors (Lipinski definition) is 5. The molecule has 63 heavy (non-hydrogen) atoms. The summed E-state index contributed by atoms with van der Waals surface area (Å²) in [5.41, 5.74) is 0. The molecule has 3 N–H and O–H groups in total. The van der Waals surface area contributed by atoms with Gasteiger partial charge in [-0.25, -0.2) is 0 Å². The number of carbonyl (C=O) groups is 2. The van der Waals surface area contributed by atoms with Crippen LogP contribution in [0.4, 0.5) is 0 Å². The minimum absolute atomic E-state index is 0.0456. The number of amides is 1. The van der Waals surface area contributed by atoms with Crippen molar-refractivity contribution in [1.82, 2.24) is 5.32 Å². The van der Waals surface area contributed by atoms with Gasteiger partial charge in [0.1, 0.15) is 6.10 Å². The number of unbranched alkanes of at least 4 members (excludes halogenated alkanes) is 20. The Balaban J connectivity index is 4.67. The summed E-state index contributed by atoms with van der Waals surface area (Å²) in [6.07, 6.45) is 65.0. The van der Waals surface area contributed by atoms with Gasteiger partial charge >= 0.3 is 5.97 Å². The van der Waals surface area contributed by atoms with Crippen LogP contribution in [0.1, 0.15) is 239 Å². The first kappa shape index (κ1) is 60.0. The van der Waals surface area contributed by atoms with Crippen molar-refractivity contribution >= 4 is 11.9 Å². The molecule has 0 saturated heterocycles. The molecule has 0 aromatic rings. The second kappa shape index (κ2) is 50.0. The molecule has 3 unspecified atom stereocenters. The summed E-state index contributed by atoms with van der Waals surface area (Å²) in [5.74, 6) is -0.536. The standard InChI is InChI=1S/C57H99NO5/c1-4-7-10-13-16-19-22-24-26-27-28-29-30-32-35-38-41-44-47-50-57(62)63-53(48-45-42-39-36-34-31-25-23-20-17-14-11-8-5-2)51-56(61)58-54(52-59)55(60)49-46-43-40-37-33-21-18-15-12-9-6-3/h8,11,16-17,19-20,24-26,28-29,31-32,35,53-55,59-60H,4-7,9-10,12-15,18,21-23,27,30,33-34,36-52H2,1-3H3,(H,58,61)/b11-8+,19-16-,20-17+,26-24-,29-28-,31-25+,35-32-. The van der Waals surface area contributed by atoms with E-state index in [0.717, 1.165) is 116 Å². The average Bonchev–Trinajstić information content (AvgIpc) is 3.28. The van der Waals surface area contributed by atoms with Crippen LogP contribution in [0.25, 0.3) is 0 Å². The Kier molecular flexibility index (Phi) is 47.7. The smallest absolute Gasteiger partial charge is 0.306 e. The van der Waals surface area contributed by atoms with Gasteiger partial charge in [-0.15, -0.1) is 0 Å². The minimum Gasteiger partial charge on any atom is -0.462 e. The number of carbonyl (C=O) groups excluding carboxylic acids is 2. The van der Waals surface area contributed by atoms with Crippen molar-refractivity contribution in [2.24, 2.45) is 0 Å². The first-order valence-electron chi connectivity index (χ1n) is 26.3. The number of hydrogen-bond donors (Lipinski definition) is 3. The summed E-state index contributed by atoms with van der Waals surface area (Å²) in [6.45, 7) is 6.32. The van der Waals surface area contributed by atoms with E-state index in [1.54, 1.807) is 0 Å². The van der Waals surface area contributed by atoms with E-state index in [-0.39, 0.29) is 24.9 Å². The van der Waals surface area contributed by atoms with Crippen molar-refractivity contribution in [3.05, 3.63) is 85.1 Å². The van der Waals surface area contributed by atoms with Crippen LogP contribution in [-0.2, 0) is 14.3 Å². The van der Waals surface area contributed by atoms with Crippen LogP contribution in [0, 0.1) is 0 Å². The molecule has 0 fully saturated rings. The molecule has 0 radical (unpaired) electrons. The molecule has 0 heterocycles. The molecule has 1 amide bonds. The second-order valence-electron chi connectivity index (χ2n) is 17.5. The Bertz CT molecular complexity index is 1210. The molecule has 0 aromatic carbocycles. The Labute approximate surface area is 389 Å². The maximum absolute atomic E-state index is 13.2. The molecule has 0 aliphatic heterocycles. The normalized spacial score (nSPS) is 13.9. The first-order chi connectivity index (χ1) is 31.0. The Morgan fingerprint density at radius 3 is 1.33 bits per heavy atom. The summed E-state index contributed by atoms with van der Waals surface area (Å²) in [5, 5.41) is 23.7. The predicted molar refractivity (Wildman–Crippen MR) is 273 cm³/mol. The second-order valence-corrected chi connectivity index (χ2v) is 17.5. The maximum Gasteiger partial charge on any atom is 0.306 e. The molecule has 362 valence electrons. The number of ether oxygens (including phenoxy) is 1. The number of aliphatic hydroxyl groups is 2. The lowest BCUT2D eigenvalue weighted by Crippen LogP contribution is -2.46. The number of aliphatic hydroxyl groups excluding tert-OH is 2. The summed E-state index contributed by atoms with van der Waals surface area (Å²) in [7, 11) is 0. The highest BCUT2D eigenvalue weighted by Crippen LogP contribution is 2.17. The van der Waals surface area contributed by atoms with Crippen molar-refractivity contribution in [2.75, 3.05) is 6.61 Å². The zero-order valence-electron chi connectivity index (χ0n) is 41.2. The van der Waals surface area contributed by atoms with Crippen LogP contribution in [0.3, 0.4) is 0 Å². The van der Waals surface area contributed by atoms with E-state index in [1.807, 2.05) is 0 Å². The topological polar surface area (TPSA) is 95.9 Å². The van der Waals surface area contributed by atoms with Crippen molar-refractivity contribution < 1.29 is 24.5 Å². The van der Waals surface area contributed by atoms with Gasteiger partial charge < -0.3 is 20.3 Å². The largest absolute Gasteiger partial charge is 0.462 e. The highest BCUT2D eigenvalue weighted by Gasteiger charge is 2.24. The van der Waals surface area contributed by atoms with Gasteiger partial charge in [-0.3, -0.25) is 9.59 Å². The molecule has 6 nitrogen and oxygen atoms in total. The molecule has 0 rings (SSSR count). The van der Waals surface area contributed by atoms with E-state index in [2.05, 4.69) is 111 Å². The Hall–Kier alpha value is -2.96. The molecule has 0 bridgehead atoms. The van der Waals surface area contributed by atoms with Gasteiger partial charge in [0.2, 0.25) is 5.91 Å². The van der Waals surface area contributed by atoms with Crippen LogP contribution in [0.5, 0.6) is 0 Å². The van der Waals surface area contributed by atoms with Crippen LogP contribution in [0.2, 0.25) is 0 Å². The molecular weight excluding hydrogens is 779 g/mol. The fourth-order valence-corrected chi connectivity index (χ4v) is 7.49. The molecule has 0 aliphatic rings.